The number of hydrogen-bond donors (Lipinski definition) is 1. The van der Waals surface area contributed by atoms with E-state index in [9.17, 15) is 8.42 Å². The monoisotopic (exact) mass is 225 g/mol. The SMILES string of the molecule is O=S(=O)(OO)c1ccc2ccccc2n1. The lowest BCUT2D eigenvalue weighted by atomic mass is 10.2. The van der Waals surface area contributed by atoms with Crippen LogP contribution in [0.4, 0.5) is 0 Å². The third kappa shape index (κ3) is 1.82. The Balaban J connectivity index is 2.67. The van der Waals surface area contributed by atoms with Crippen LogP contribution in [0.5, 0.6) is 0 Å². The molecule has 0 saturated heterocycles. The molecule has 0 radical (unpaired) electrons. The number of pyridine rings is 1. The van der Waals surface area contributed by atoms with Crippen LogP contribution < -0.4 is 0 Å². The van der Waals surface area contributed by atoms with Gasteiger partial charge in [0.2, 0.25) is 0 Å². The van der Waals surface area contributed by atoms with Crippen LogP contribution in [-0.2, 0) is 14.5 Å². The Kier molecular flexibility index (Phi) is 2.39. The molecule has 0 saturated carbocycles. The molecule has 0 atom stereocenters. The van der Waals surface area contributed by atoms with Crippen molar-refractivity contribution in [3.05, 3.63) is 36.4 Å². The average Bonchev–Trinajstić information content (AvgIpc) is 2.28. The topological polar surface area (TPSA) is 76.5 Å². The van der Waals surface area contributed by atoms with Gasteiger partial charge in [0.15, 0.2) is 5.03 Å². The fourth-order valence-corrected chi connectivity index (χ4v) is 1.75. The van der Waals surface area contributed by atoms with E-state index in [-0.39, 0.29) is 5.03 Å². The van der Waals surface area contributed by atoms with Crippen LogP contribution in [0, 0.1) is 0 Å². The predicted octanol–water partition coefficient (Wildman–Crippen LogP) is 1.41. The zero-order valence-electron chi connectivity index (χ0n) is 7.49. The summed E-state index contributed by atoms with van der Waals surface area (Å²) < 4.78 is 25.6. The Morgan fingerprint density at radius 1 is 1.13 bits per heavy atom. The fraction of sp³-hybridized carbons (Fsp3) is 0. The van der Waals surface area contributed by atoms with Crippen molar-refractivity contribution in [2.24, 2.45) is 0 Å². The standard InChI is InChI=1S/C9H7NO4S/c11-14-15(12,13)9-6-5-7-3-1-2-4-8(7)10-9/h1-6,11H. The zero-order valence-corrected chi connectivity index (χ0v) is 8.31. The van der Waals surface area contributed by atoms with Gasteiger partial charge in [-0.15, -0.1) is 4.33 Å². The molecule has 0 aliphatic carbocycles. The van der Waals surface area contributed by atoms with Crippen molar-refractivity contribution in [2.75, 3.05) is 0 Å². The van der Waals surface area contributed by atoms with Crippen molar-refractivity contribution in [1.82, 2.24) is 4.98 Å². The van der Waals surface area contributed by atoms with Crippen LogP contribution in [0.1, 0.15) is 0 Å². The van der Waals surface area contributed by atoms with Crippen LogP contribution in [0.25, 0.3) is 10.9 Å². The average molecular weight is 225 g/mol. The largest absolute Gasteiger partial charge is 0.340 e. The molecule has 0 aliphatic rings. The van der Waals surface area contributed by atoms with E-state index in [0.717, 1.165) is 5.39 Å². The van der Waals surface area contributed by atoms with E-state index in [2.05, 4.69) is 9.32 Å². The summed E-state index contributed by atoms with van der Waals surface area (Å²) >= 11 is 0. The molecule has 2 aromatic rings. The van der Waals surface area contributed by atoms with Gasteiger partial charge >= 0.3 is 10.1 Å². The predicted molar refractivity (Wildman–Crippen MR) is 52.6 cm³/mol. The molecule has 0 bridgehead atoms. The second kappa shape index (κ2) is 3.58. The molecule has 6 heteroatoms. The zero-order chi connectivity index (χ0) is 10.9. The van der Waals surface area contributed by atoms with Gasteiger partial charge in [-0.3, -0.25) is 0 Å². The number of benzene rings is 1. The van der Waals surface area contributed by atoms with Crippen molar-refractivity contribution in [1.29, 1.82) is 0 Å². The molecule has 0 unspecified atom stereocenters. The van der Waals surface area contributed by atoms with E-state index in [4.69, 9.17) is 5.26 Å². The van der Waals surface area contributed by atoms with Crippen molar-refractivity contribution in [2.45, 2.75) is 5.03 Å². The molecular weight excluding hydrogens is 218 g/mol. The summed E-state index contributed by atoms with van der Waals surface area (Å²) in [4.78, 5) is 3.84. The molecule has 0 aliphatic heterocycles. The molecule has 15 heavy (non-hydrogen) atoms. The van der Waals surface area contributed by atoms with E-state index in [0.29, 0.717) is 5.52 Å². The molecule has 0 spiro atoms. The lowest BCUT2D eigenvalue weighted by Gasteiger charge is -2.00. The number of nitrogens with zero attached hydrogens (tertiary/aromatic N) is 1. The van der Waals surface area contributed by atoms with Crippen LogP contribution in [0.2, 0.25) is 0 Å². The lowest BCUT2D eigenvalue weighted by molar-refractivity contribution is -0.130. The third-order valence-corrected chi connectivity index (χ3v) is 2.86. The maximum absolute atomic E-state index is 11.1. The van der Waals surface area contributed by atoms with Gasteiger partial charge in [-0.05, 0) is 18.2 Å². The fourth-order valence-electron chi connectivity index (χ4n) is 1.22. The van der Waals surface area contributed by atoms with Gasteiger partial charge in [-0.2, -0.15) is 8.42 Å². The molecule has 2 rings (SSSR count). The minimum Gasteiger partial charge on any atom is -0.235 e. The molecule has 0 fully saturated rings. The van der Waals surface area contributed by atoms with Gasteiger partial charge in [0.25, 0.3) is 0 Å². The highest BCUT2D eigenvalue weighted by Crippen LogP contribution is 2.15. The summed E-state index contributed by atoms with van der Waals surface area (Å²) in [5.74, 6) is 0. The quantitative estimate of drug-likeness (QED) is 0.617. The second-order valence-electron chi connectivity index (χ2n) is 2.87. The van der Waals surface area contributed by atoms with Crippen molar-refractivity contribution < 1.29 is 18.0 Å². The smallest absolute Gasteiger partial charge is 0.235 e. The van der Waals surface area contributed by atoms with Gasteiger partial charge in [-0.25, -0.2) is 10.2 Å². The van der Waals surface area contributed by atoms with Crippen molar-refractivity contribution in [3.8, 4) is 0 Å². The van der Waals surface area contributed by atoms with Crippen molar-refractivity contribution >= 4 is 21.0 Å². The Bertz CT molecular complexity index is 594. The Morgan fingerprint density at radius 2 is 1.87 bits per heavy atom. The van der Waals surface area contributed by atoms with Crippen LogP contribution in [0.3, 0.4) is 0 Å². The van der Waals surface area contributed by atoms with Crippen LogP contribution >= 0.6 is 0 Å². The molecule has 1 N–H and O–H groups in total. The first-order chi connectivity index (χ1) is 7.13. The summed E-state index contributed by atoms with van der Waals surface area (Å²) in [6.45, 7) is 0. The van der Waals surface area contributed by atoms with E-state index >= 15 is 0 Å². The Labute approximate surface area is 86.0 Å². The van der Waals surface area contributed by atoms with E-state index in [1.54, 1.807) is 24.3 Å². The number of rotatable bonds is 2. The summed E-state index contributed by atoms with van der Waals surface area (Å²) in [5, 5.41) is 8.69. The molecule has 1 aromatic heterocycles. The minimum absolute atomic E-state index is 0.316. The van der Waals surface area contributed by atoms with E-state index < -0.39 is 10.1 Å². The maximum Gasteiger partial charge on any atom is 0.340 e. The summed E-state index contributed by atoms with van der Waals surface area (Å²) in [6.07, 6.45) is 0. The van der Waals surface area contributed by atoms with E-state index in [1.165, 1.54) is 6.07 Å². The highest BCUT2D eigenvalue weighted by atomic mass is 32.2. The maximum atomic E-state index is 11.1. The molecule has 78 valence electrons. The van der Waals surface area contributed by atoms with Gasteiger partial charge < -0.3 is 0 Å². The first kappa shape index (κ1) is 10.0. The van der Waals surface area contributed by atoms with Gasteiger partial charge in [0.05, 0.1) is 5.52 Å². The number of fused-ring (bicyclic) bond motifs is 1. The first-order valence-corrected chi connectivity index (χ1v) is 5.48. The van der Waals surface area contributed by atoms with Gasteiger partial charge in [0, 0.05) is 5.39 Å². The van der Waals surface area contributed by atoms with Gasteiger partial charge in [0.1, 0.15) is 0 Å². The highest BCUT2D eigenvalue weighted by molar-refractivity contribution is 7.86. The number of aromatic nitrogens is 1. The molecule has 1 aromatic carbocycles. The summed E-state index contributed by atoms with van der Waals surface area (Å²) in [6, 6.07) is 9.90. The second-order valence-corrected chi connectivity index (χ2v) is 4.35. The molecule has 0 amide bonds. The lowest BCUT2D eigenvalue weighted by Crippen LogP contribution is -2.05. The minimum atomic E-state index is -4.15. The highest BCUT2D eigenvalue weighted by Gasteiger charge is 2.16. The normalized spacial score (nSPS) is 11.8. The van der Waals surface area contributed by atoms with Crippen LogP contribution in [0.15, 0.2) is 41.4 Å². The summed E-state index contributed by atoms with van der Waals surface area (Å²) in [7, 11) is -4.15. The van der Waals surface area contributed by atoms with Gasteiger partial charge in [-0.1, -0.05) is 18.2 Å². The first-order valence-electron chi connectivity index (χ1n) is 4.07. The Hall–Kier alpha value is -1.50. The molecule has 1 heterocycles. The van der Waals surface area contributed by atoms with E-state index in [1.807, 2.05) is 6.07 Å². The van der Waals surface area contributed by atoms with Crippen molar-refractivity contribution in [3.63, 3.8) is 0 Å². The van der Waals surface area contributed by atoms with Crippen LogP contribution in [-0.4, -0.2) is 18.7 Å². The number of hydrogen-bond acceptors (Lipinski definition) is 5. The molecular formula is C9H7NO4S. The summed E-state index contributed by atoms with van der Waals surface area (Å²) in [5.41, 5.74) is 0.524. The molecule has 5 nitrogen and oxygen atoms in total. The number of para-hydroxylation sites is 1. The third-order valence-electron chi connectivity index (χ3n) is 1.93. The Morgan fingerprint density at radius 3 is 2.60 bits per heavy atom.